The van der Waals surface area contributed by atoms with E-state index in [-0.39, 0.29) is 0 Å². The molecular formula is C17H19N3. The van der Waals surface area contributed by atoms with Crippen LogP contribution in [0.2, 0.25) is 0 Å². The highest BCUT2D eigenvalue weighted by Gasteiger charge is 2.06. The number of nitrogens with one attached hydrogen (secondary N) is 1. The zero-order chi connectivity index (χ0) is 14.1. The molecule has 0 bridgehead atoms. The van der Waals surface area contributed by atoms with E-state index in [1.807, 2.05) is 0 Å². The van der Waals surface area contributed by atoms with E-state index in [0.29, 0.717) is 6.54 Å². The molecule has 0 atom stereocenters. The van der Waals surface area contributed by atoms with E-state index in [1.54, 1.807) is 0 Å². The smallest absolute Gasteiger partial charge is 0.138 e. The number of aromatic amines is 1. The molecule has 0 aliphatic rings. The first-order valence-electron chi connectivity index (χ1n) is 6.94. The second kappa shape index (κ2) is 5.10. The standard InChI is InChI=1S/C17H19N3/c1-11-3-5-14(9-12(11)2)17-19-15-6-4-13(7-8-18)10-16(15)20-17/h3-6,9-10H,7-8,18H2,1-2H3,(H,19,20). The molecule has 3 heteroatoms. The molecule has 3 aromatic rings. The van der Waals surface area contributed by atoms with Gasteiger partial charge in [-0.15, -0.1) is 0 Å². The lowest BCUT2D eigenvalue weighted by molar-refractivity contribution is 0.970. The molecule has 3 rings (SSSR count). The largest absolute Gasteiger partial charge is 0.338 e. The first-order valence-corrected chi connectivity index (χ1v) is 6.94. The summed E-state index contributed by atoms with van der Waals surface area (Å²) < 4.78 is 0. The number of rotatable bonds is 3. The number of aryl methyl sites for hydroxylation is 2. The lowest BCUT2D eigenvalue weighted by Crippen LogP contribution is -2.02. The van der Waals surface area contributed by atoms with E-state index in [9.17, 15) is 0 Å². The Labute approximate surface area is 118 Å². The third-order valence-corrected chi connectivity index (χ3v) is 3.76. The number of nitrogens with two attached hydrogens (primary N) is 1. The summed E-state index contributed by atoms with van der Waals surface area (Å²) in [6.07, 6.45) is 0.897. The Bertz CT molecular complexity index is 756. The number of H-pyrrole nitrogens is 1. The van der Waals surface area contributed by atoms with Gasteiger partial charge in [-0.3, -0.25) is 0 Å². The van der Waals surface area contributed by atoms with Crippen molar-refractivity contribution >= 4 is 11.0 Å². The Morgan fingerprint density at radius 2 is 1.90 bits per heavy atom. The van der Waals surface area contributed by atoms with Gasteiger partial charge in [-0.2, -0.15) is 0 Å². The Morgan fingerprint density at radius 1 is 1.05 bits per heavy atom. The normalized spacial score (nSPS) is 11.2. The third kappa shape index (κ3) is 2.32. The lowest BCUT2D eigenvalue weighted by atomic mass is 10.1. The maximum atomic E-state index is 5.61. The van der Waals surface area contributed by atoms with Crippen LogP contribution in [0.15, 0.2) is 36.4 Å². The van der Waals surface area contributed by atoms with Crippen LogP contribution in [0.5, 0.6) is 0 Å². The van der Waals surface area contributed by atoms with Crippen molar-refractivity contribution in [1.82, 2.24) is 9.97 Å². The monoisotopic (exact) mass is 265 g/mol. The van der Waals surface area contributed by atoms with E-state index in [2.05, 4.69) is 60.2 Å². The average Bonchev–Trinajstić information content (AvgIpc) is 2.85. The van der Waals surface area contributed by atoms with Gasteiger partial charge in [0.1, 0.15) is 5.82 Å². The summed E-state index contributed by atoms with van der Waals surface area (Å²) in [6, 6.07) is 12.7. The quantitative estimate of drug-likeness (QED) is 0.763. The fourth-order valence-corrected chi connectivity index (χ4v) is 2.40. The second-order valence-electron chi connectivity index (χ2n) is 5.27. The van der Waals surface area contributed by atoms with Crippen molar-refractivity contribution in [1.29, 1.82) is 0 Å². The molecule has 0 spiro atoms. The Morgan fingerprint density at radius 3 is 2.65 bits per heavy atom. The number of hydrogen-bond donors (Lipinski definition) is 2. The predicted molar refractivity (Wildman–Crippen MR) is 83.8 cm³/mol. The highest BCUT2D eigenvalue weighted by atomic mass is 14.9. The van der Waals surface area contributed by atoms with Crippen LogP contribution in [0.25, 0.3) is 22.4 Å². The van der Waals surface area contributed by atoms with Crippen LogP contribution < -0.4 is 5.73 Å². The van der Waals surface area contributed by atoms with E-state index in [4.69, 9.17) is 5.73 Å². The average molecular weight is 265 g/mol. The van der Waals surface area contributed by atoms with Gasteiger partial charge in [0.25, 0.3) is 0 Å². The van der Waals surface area contributed by atoms with Gasteiger partial charge < -0.3 is 10.7 Å². The minimum absolute atomic E-state index is 0.670. The Hall–Kier alpha value is -2.13. The van der Waals surface area contributed by atoms with Crippen LogP contribution in [0.1, 0.15) is 16.7 Å². The fourth-order valence-electron chi connectivity index (χ4n) is 2.40. The van der Waals surface area contributed by atoms with Crippen LogP contribution in [-0.4, -0.2) is 16.5 Å². The number of fused-ring (bicyclic) bond motifs is 1. The van der Waals surface area contributed by atoms with Crippen molar-refractivity contribution in [3.63, 3.8) is 0 Å². The van der Waals surface area contributed by atoms with Crippen LogP contribution in [0, 0.1) is 13.8 Å². The molecule has 0 aliphatic heterocycles. The molecule has 0 aliphatic carbocycles. The van der Waals surface area contributed by atoms with Gasteiger partial charge >= 0.3 is 0 Å². The maximum Gasteiger partial charge on any atom is 0.138 e. The van der Waals surface area contributed by atoms with Gasteiger partial charge in [0.15, 0.2) is 0 Å². The summed E-state index contributed by atoms with van der Waals surface area (Å²) in [6.45, 7) is 4.92. The van der Waals surface area contributed by atoms with Crippen molar-refractivity contribution in [3.05, 3.63) is 53.1 Å². The third-order valence-electron chi connectivity index (χ3n) is 3.76. The first-order chi connectivity index (χ1) is 9.67. The highest BCUT2D eigenvalue weighted by molar-refractivity contribution is 5.80. The van der Waals surface area contributed by atoms with Crippen molar-refractivity contribution in [3.8, 4) is 11.4 Å². The van der Waals surface area contributed by atoms with Crippen LogP contribution in [0.3, 0.4) is 0 Å². The van der Waals surface area contributed by atoms with Gasteiger partial charge in [-0.25, -0.2) is 4.98 Å². The molecule has 0 saturated carbocycles. The topological polar surface area (TPSA) is 54.7 Å². The molecule has 1 heterocycles. The van der Waals surface area contributed by atoms with Gasteiger partial charge in [0, 0.05) is 5.56 Å². The number of benzene rings is 2. The molecule has 0 unspecified atom stereocenters. The molecule has 2 aromatic carbocycles. The number of aromatic nitrogens is 2. The summed E-state index contributed by atoms with van der Waals surface area (Å²) in [5, 5.41) is 0. The summed E-state index contributed by atoms with van der Waals surface area (Å²) >= 11 is 0. The fraction of sp³-hybridized carbons (Fsp3) is 0.235. The zero-order valence-electron chi connectivity index (χ0n) is 11.9. The van der Waals surface area contributed by atoms with E-state index in [0.717, 1.165) is 28.8 Å². The molecule has 3 nitrogen and oxygen atoms in total. The number of hydrogen-bond acceptors (Lipinski definition) is 2. The van der Waals surface area contributed by atoms with Crippen LogP contribution >= 0.6 is 0 Å². The summed E-state index contributed by atoms with van der Waals surface area (Å²) in [5.41, 5.74) is 12.6. The Kier molecular flexibility index (Phi) is 3.28. The predicted octanol–water partition coefficient (Wildman–Crippen LogP) is 3.35. The summed E-state index contributed by atoms with van der Waals surface area (Å²) in [4.78, 5) is 8.07. The molecule has 0 saturated heterocycles. The maximum absolute atomic E-state index is 5.61. The molecule has 0 amide bonds. The first kappa shape index (κ1) is 12.9. The SMILES string of the molecule is Cc1ccc(-c2nc3ccc(CCN)cc3[nH]2)cc1C. The van der Waals surface area contributed by atoms with E-state index in [1.165, 1.54) is 16.7 Å². The van der Waals surface area contributed by atoms with Gasteiger partial charge in [0.05, 0.1) is 11.0 Å². The summed E-state index contributed by atoms with van der Waals surface area (Å²) in [7, 11) is 0. The van der Waals surface area contributed by atoms with Crippen molar-refractivity contribution in [2.45, 2.75) is 20.3 Å². The molecular weight excluding hydrogens is 246 g/mol. The van der Waals surface area contributed by atoms with Crippen molar-refractivity contribution < 1.29 is 0 Å². The van der Waals surface area contributed by atoms with Crippen LogP contribution in [-0.2, 0) is 6.42 Å². The summed E-state index contributed by atoms with van der Waals surface area (Å²) in [5.74, 6) is 0.924. The molecule has 20 heavy (non-hydrogen) atoms. The van der Waals surface area contributed by atoms with E-state index >= 15 is 0 Å². The zero-order valence-corrected chi connectivity index (χ0v) is 11.9. The molecule has 0 radical (unpaired) electrons. The lowest BCUT2D eigenvalue weighted by Gasteiger charge is -2.02. The van der Waals surface area contributed by atoms with Gasteiger partial charge in [0.2, 0.25) is 0 Å². The molecule has 3 N–H and O–H groups in total. The minimum Gasteiger partial charge on any atom is -0.338 e. The number of nitrogens with zero attached hydrogens (tertiary/aromatic N) is 1. The van der Waals surface area contributed by atoms with Crippen molar-refractivity contribution in [2.24, 2.45) is 5.73 Å². The molecule has 1 aromatic heterocycles. The molecule has 102 valence electrons. The molecule has 0 fully saturated rings. The van der Waals surface area contributed by atoms with Crippen LogP contribution in [0.4, 0.5) is 0 Å². The highest BCUT2D eigenvalue weighted by Crippen LogP contribution is 2.23. The van der Waals surface area contributed by atoms with Gasteiger partial charge in [-0.05, 0) is 61.7 Å². The van der Waals surface area contributed by atoms with Gasteiger partial charge in [-0.1, -0.05) is 18.2 Å². The second-order valence-corrected chi connectivity index (χ2v) is 5.27. The Balaban J connectivity index is 2.05. The van der Waals surface area contributed by atoms with Crippen molar-refractivity contribution in [2.75, 3.05) is 6.54 Å². The minimum atomic E-state index is 0.670. The number of imidazole rings is 1. The van der Waals surface area contributed by atoms with E-state index < -0.39 is 0 Å².